The zero-order valence-electron chi connectivity index (χ0n) is 21.6. The van der Waals surface area contributed by atoms with Crippen molar-refractivity contribution >= 4 is 16.7 Å². The minimum absolute atomic E-state index is 0.0969. The molecule has 6 heteroatoms. The maximum atomic E-state index is 13.5. The topological polar surface area (TPSA) is 69.3 Å². The molecule has 1 aliphatic carbocycles. The molecule has 3 fully saturated rings. The lowest BCUT2D eigenvalue weighted by atomic mass is 9.74. The molecular weight excluding hydrogens is 458 g/mol. The molecule has 5 atom stereocenters. The van der Waals surface area contributed by atoms with Gasteiger partial charge in [0.2, 0.25) is 5.91 Å². The van der Waals surface area contributed by atoms with Crippen molar-refractivity contribution in [3.8, 4) is 0 Å². The molecule has 37 heavy (non-hydrogen) atoms. The molecule has 2 aromatic carbocycles. The number of hydrogen-bond acceptors (Lipinski definition) is 5. The Morgan fingerprint density at radius 1 is 0.973 bits per heavy atom. The van der Waals surface area contributed by atoms with Crippen LogP contribution >= 0.6 is 0 Å². The second-order valence-electron chi connectivity index (χ2n) is 11.2. The third-order valence-corrected chi connectivity index (χ3v) is 8.87. The van der Waals surface area contributed by atoms with Crippen molar-refractivity contribution in [1.82, 2.24) is 26.1 Å². The van der Waals surface area contributed by atoms with Gasteiger partial charge in [-0.1, -0.05) is 48.9 Å². The van der Waals surface area contributed by atoms with Crippen LogP contribution in [0.15, 0.2) is 67.0 Å². The zero-order chi connectivity index (χ0) is 25.0. The van der Waals surface area contributed by atoms with Crippen LogP contribution in [0.3, 0.4) is 0 Å². The molecule has 3 aliphatic rings. The summed E-state index contributed by atoms with van der Waals surface area (Å²) in [5, 5.41) is 6.17. The van der Waals surface area contributed by atoms with Crippen LogP contribution in [-0.2, 0) is 11.2 Å². The van der Waals surface area contributed by atoms with Crippen molar-refractivity contribution < 1.29 is 4.79 Å². The van der Waals surface area contributed by atoms with Gasteiger partial charge in [-0.2, -0.15) is 0 Å². The first-order valence-corrected chi connectivity index (χ1v) is 14.1. The summed E-state index contributed by atoms with van der Waals surface area (Å²) in [5.41, 5.74) is 9.65. The van der Waals surface area contributed by atoms with Crippen LogP contribution in [0.1, 0.15) is 55.7 Å². The van der Waals surface area contributed by atoms with E-state index in [1.165, 1.54) is 34.7 Å². The van der Waals surface area contributed by atoms with E-state index >= 15 is 0 Å². The number of fused-ring (bicyclic) bond motifs is 2. The number of carbonyl (C=O) groups excluding carboxylic acids is 1. The second kappa shape index (κ2) is 11.3. The summed E-state index contributed by atoms with van der Waals surface area (Å²) in [7, 11) is 0. The van der Waals surface area contributed by atoms with Crippen molar-refractivity contribution in [2.45, 2.75) is 63.1 Å². The normalized spacial score (nSPS) is 28.5. The molecular formula is C31H39N5O. The van der Waals surface area contributed by atoms with Crippen molar-refractivity contribution in [2.75, 3.05) is 19.6 Å². The van der Waals surface area contributed by atoms with Crippen LogP contribution in [-0.4, -0.2) is 47.5 Å². The predicted molar refractivity (Wildman–Crippen MR) is 148 cm³/mol. The Bertz CT molecular complexity index is 1200. The summed E-state index contributed by atoms with van der Waals surface area (Å²) >= 11 is 0. The summed E-state index contributed by atoms with van der Waals surface area (Å²) in [6.45, 7) is 3.12. The number of rotatable bonds is 6. The van der Waals surface area contributed by atoms with Gasteiger partial charge in [-0.15, -0.1) is 0 Å². The molecule has 1 amide bonds. The minimum Gasteiger partial charge on any atom is -0.352 e. The predicted octanol–water partition coefficient (Wildman–Crippen LogP) is 4.38. The fourth-order valence-corrected chi connectivity index (χ4v) is 6.85. The average molecular weight is 498 g/mol. The van der Waals surface area contributed by atoms with Gasteiger partial charge >= 0.3 is 0 Å². The highest BCUT2D eigenvalue weighted by molar-refractivity contribution is 5.85. The first kappa shape index (κ1) is 24.5. The Balaban J connectivity index is 1.05. The number of benzene rings is 2. The molecule has 2 aliphatic heterocycles. The second-order valence-corrected chi connectivity index (χ2v) is 11.2. The molecule has 5 unspecified atom stereocenters. The molecule has 6 nitrogen and oxygen atoms in total. The van der Waals surface area contributed by atoms with E-state index in [-0.39, 0.29) is 23.9 Å². The van der Waals surface area contributed by atoms with Crippen molar-refractivity contribution in [3.63, 3.8) is 0 Å². The van der Waals surface area contributed by atoms with E-state index in [0.29, 0.717) is 12.0 Å². The SMILES string of the molecule is O=C(NC1CCCCN(CCc2cccc3ccccc23)C1)C1CCC2NNC(c3ccncc3)C2C1. The molecule has 0 radical (unpaired) electrons. The number of pyridine rings is 1. The number of nitrogens with zero attached hydrogens (tertiary/aromatic N) is 2. The lowest BCUT2D eigenvalue weighted by molar-refractivity contribution is -0.127. The molecule has 3 heterocycles. The lowest BCUT2D eigenvalue weighted by Crippen LogP contribution is -2.47. The van der Waals surface area contributed by atoms with Crippen LogP contribution in [0.25, 0.3) is 10.8 Å². The van der Waals surface area contributed by atoms with Crippen LogP contribution in [0, 0.1) is 11.8 Å². The number of nitrogens with one attached hydrogen (secondary N) is 3. The molecule has 1 aromatic heterocycles. The van der Waals surface area contributed by atoms with E-state index in [9.17, 15) is 4.79 Å². The van der Waals surface area contributed by atoms with E-state index in [4.69, 9.17) is 0 Å². The summed E-state index contributed by atoms with van der Waals surface area (Å²) < 4.78 is 0. The molecule has 0 spiro atoms. The smallest absolute Gasteiger partial charge is 0.223 e. The third-order valence-electron chi connectivity index (χ3n) is 8.87. The number of likely N-dealkylation sites (tertiary alicyclic amines) is 1. The lowest BCUT2D eigenvalue weighted by Gasteiger charge is -2.34. The molecule has 2 saturated heterocycles. The van der Waals surface area contributed by atoms with Gasteiger partial charge in [0, 0.05) is 43.5 Å². The summed E-state index contributed by atoms with van der Waals surface area (Å²) in [5.74, 6) is 0.789. The Hall–Kier alpha value is -2.80. The van der Waals surface area contributed by atoms with Crippen LogP contribution < -0.4 is 16.2 Å². The van der Waals surface area contributed by atoms with E-state index in [1.54, 1.807) is 0 Å². The molecule has 3 N–H and O–H groups in total. The monoisotopic (exact) mass is 497 g/mol. The number of hydrazine groups is 1. The summed E-state index contributed by atoms with van der Waals surface area (Å²) in [6.07, 6.45) is 11.2. The van der Waals surface area contributed by atoms with Crippen molar-refractivity contribution in [2.24, 2.45) is 11.8 Å². The van der Waals surface area contributed by atoms with Crippen LogP contribution in [0.4, 0.5) is 0 Å². The Morgan fingerprint density at radius 2 is 1.84 bits per heavy atom. The van der Waals surface area contributed by atoms with Crippen LogP contribution in [0.2, 0.25) is 0 Å². The highest BCUT2D eigenvalue weighted by Gasteiger charge is 2.43. The van der Waals surface area contributed by atoms with Gasteiger partial charge in [-0.05, 0) is 85.0 Å². The number of carbonyl (C=O) groups is 1. The highest BCUT2D eigenvalue weighted by atomic mass is 16.2. The van der Waals surface area contributed by atoms with Gasteiger partial charge < -0.3 is 10.2 Å². The first-order chi connectivity index (χ1) is 18.2. The number of amides is 1. The van der Waals surface area contributed by atoms with Crippen molar-refractivity contribution in [1.29, 1.82) is 0 Å². The van der Waals surface area contributed by atoms with E-state index in [2.05, 4.69) is 80.6 Å². The van der Waals surface area contributed by atoms with E-state index < -0.39 is 0 Å². The Labute approximate surface area is 220 Å². The van der Waals surface area contributed by atoms with Crippen molar-refractivity contribution in [3.05, 3.63) is 78.1 Å². The van der Waals surface area contributed by atoms with Crippen LogP contribution in [0.5, 0.6) is 0 Å². The zero-order valence-corrected chi connectivity index (χ0v) is 21.6. The molecule has 1 saturated carbocycles. The minimum atomic E-state index is 0.0969. The molecule has 6 rings (SSSR count). The maximum Gasteiger partial charge on any atom is 0.223 e. The highest BCUT2D eigenvalue weighted by Crippen LogP contribution is 2.40. The maximum absolute atomic E-state index is 13.5. The molecule has 3 aromatic rings. The summed E-state index contributed by atoms with van der Waals surface area (Å²) in [4.78, 5) is 20.2. The molecule has 194 valence electrons. The number of hydrogen-bond donors (Lipinski definition) is 3. The van der Waals surface area contributed by atoms with E-state index in [1.807, 2.05) is 12.4 Å². The van der Waals surface area contributed by atoms with Gasteiger partial charge in [-0.3, -0.25) is 15.2 Å². The van der Waals surface area contributed by atoms with E-state index in [0.717, 1.165) is 51.7 Å². The quantitative estimate of drug-likeness (QED) is 0.472. The fraction of sp³-hybridized carbons (Fsp3) is 0.484. The largest absolute Gasteiger partial charge is 0.352 e. The summed E-state index contributed by atoms with van der Waals surface area (Å²) in [6, 6.07) is 20.4. The molecule has 0 bridgehead atoms. The standard InChI is InChI=1S/C31H39N5O/c37-31(25-11-12-29-28(20-25)30(35-34-29)24-13-16-32-17-14-24)33-26-9-3-4-18-36(21-26)19-15-23-8-5-7-22-6-1-2-10-27(22)23/h1-2,5-8,10,13-14,16-17,25-26,28-30,34-35H,3-4,9,11-12,15,18-21H2,(H,33,37). The van der Waals surface area contributed by atoms with Gasteiger partial charge in [0.05, 0.1) is 6.04 Å². The van der Waals surface area contributed by atoms with Gasteiger partial charge in [0.25, 0.3) is 0 Å². The Kier molecular flexibility index (Phi) is 7.49. The first-order valence-electron chi connectivity index (χ1n) is 14.1. The average Bonchev–Trinajstić information content (AvgIpc) is 3.24. The van der Waals surface area contributed by atoms with Gasteiger partial charge in [0.15, 0.2) is 0 Å². The fourth-order valence-electron chi connectivity index (χ4n) is 6.85. The number of aromatic nitrogens is 1. The van der Waals surface area contributed by atoms with Gasteiger partial charge in [0.1, 0.15) is 0 Å². The van der Waals surface area contributed by atoms with Gasteiger partial charge in [-0.25, -0.2) is 5.43 Å². The third kappa shape index (κ3) is 5.57. The Morgan fingerprint density at radius 3 is 2.76 bits per heavy atom.